The molecule has 0 bridgehead atoms. The quantitative estimate of drug-likeness (QED) is 0.184. The maximum atomic E-state index is 9.05. The topological polar surface area (TPSA) is 129 Å². The molecule has 1 radical (unpaired) electrons. The van der Waals surface area contributed by atoms with Gasteiger partial charge in [-0.2, -0.15) is 16.8 Å². The molecule has 0 saturated carbocycles. The zero-order valence-corrected chi connectivity index (χ0v) is 8.01. The van der Waals surface area contributed by atoms with E-state index in [1.165, 1.54) is 0 Å². The molecule has 0 aliphatic rings. The summed E-state index contributed by atoms with van der Waals surface area (Å²) in [5.41, 5.74) is 0. The second kappa shape index (κ2) is 9.21. The van der Waals surface area contributed by atoms with E-state index in [2.05, 4.69) is 11.7 Å². The van der Waals surface area contributed by atoms with Crippen LogP contribution >= 0.6 is 11.7 Å². The summed E-state index contributed by atoms with van der Waals surface area (Å²) in [5.74, 6) is 0. The van der Waals surface area contributed by atoms with E-state index in [0.29, 0.717) is 0 Å². The first-order valence-corrected chi connectivity index (χ1v) is 5.29. The standard InChI is InChI=1S/Cu.Na.H2O4S.H2O3S2.H/c;;2*1-5(2,3)4;/h;;2*(H2,1,2,3,4);. The van der Waals surface area contributed by atoms with Crippen molar-refractivity contribution in [3.8, 4) is 0 Å². The molecule has 3 N–H and O–H groups in total. The zero-order valence-electron chi connectivity index (χ0n) is 4.54. The van der Waals surface area contributed by atoms with E-state index in [4.69, 9.17) is 30.5 Å². The van der Waals surface area contributed by atoms with Crippen molar-refractivity contribution in [2.24, 2.45) is 0 Å². The van der Waals surface area contributed by atoms with Crippen LogP contribution in [-0.4, -0.2) is 60.1 Å². The molecule has 0 aromatic carbocycles. The van der Waals surface area contributed by atoms with Crippen LogP contribution in [0.25, 0.3) is 0 Å². The van der Waals surface area contributed by atoms with Gasteiger partial charge in [0, 0.05) is 17.1 Å². The molecule has 0 aliphatic heterocycles. The van der Waals surface area contributed by atoms with E-state index in [9.17, 15) is 0 Å². The van der Waals surface area contributed by atoms with E-state index >= 15 is 0 Å². The normalized spacial score (nSPS) is 9.67. The van der Waals surface area contributed by atoms with Crippen LogP contribution in [0, 0.1) is 0 Å². The second-order valence-corrected chi connectivity index (χ2v) is 4.07. The summed E-state index contributed by atoms with van der Waals surface area (Å²) in [7, 11) is -8.64. The summed E-state index contributed by atoms with van der Waals surface area (Å²) in [5, 5.41) is 0. The molecule has 0 heterocycles. The first kappa shape index (κ1) is 23.5. The van der Waals surface area contributed by atoms with Crippen LogP contribution in [0.2, 0.25) is 0 Å². The summed E-state index contributed by atoms with van der Waals surface area (Å²) >= 11 is 2.65. The predicted molar refractivity (Wildman–Crippen MR) is 41.9 cm³/mol. The van der Waals surface area contributed by atoms with Crippen molar-refractivity contribution in [2.75, 3.05) is 0 Å². The van der Waals surface area contributed by atoms with E-state index < -0.39 is 19.5 Å². The van der Waals surface area contributed by atoms with Gasteiger partial charge in [0.05, 0.1) is 0 Å². The van der Waals surface area contributed by atoms with Gasteiger partial charge < -0.3 is 0 Å². The van der Waals surface area contributed by atoms with Crippen molar-refractivity contribution in [1.82, 2.24) is 0 Å². The molecule has 12 heteroatoms. The van der Waals surface area contributed by atoms with Gasteiger partial charge in [0.2, 0.25) is 0 Å². The Hall–Kier alpha value is 1.65. The van der Waals surface area contributed by atoms with Gasteiger partial charge in [0.15, 0.2) is 0 Å². The van der Waals surface area contributed by atoms with Crippen molar-refractivity contribution in [3.63, 3.8) is 0 Å². The minimum absolute atomic E-state index is 0. The first-order chi connectivity index (χ1) is 4.00. The van der Waals surface area contributed by atoms with Crippen molar-refractivity contribution in [2.45, 2.75) is 0 Å². The minimum atomic E-state index is -4.67. The van der Waals surface area contributed by atoms with Gasteiger partial charge in [-0.1, -0.05) is 0 Å². The van der Waals surface area contributed by atoms with Crippen LogP contribution < -0.4 is 0 Å². The molecule has 0 aromatic rings. The van der Waals surface area contributed by atoms with Gasteiger partial charge in [-0.05, 0) is 11.7 Å². The van der Waals surface area contributed by atoms with Gasteiger partial charge in [-0.3, -0.25) is 13.7 Å². The molecular formula is H5CuNaO7S3. The Balaban J connectivity index is -0.0000000457. The molecule has 0 aromatic heterocycles. The third kappa shape index (κ3) is 486. The van der Waals surface area contributed by atoms with Crippen LogP contribution in [0.5, 0.6) is 0 Å². The Labute approximate surface area is 107 Å². The summed E-state index contributed by atoms with van der Waals surface area (Å²) in [6.07, 6.45) is 0. The number of thiol groups is 1. The first-order valence-electron chi connectivity index (χ1n) is 1.40. The van der Waals surface area contributed by atoms with Gasteiger partial charge in [0.1, 0.15) is 0 Å². The second-order valence-electron chi connectivity index (χ2n) is 0.896. The Morgan fingerprint density at radius 2 is 0.917 bits per heavy atom. The molecular weight excluding hydrogens is 295 g/mol. The van der Waals surface area contributed by atoms with Crippen molar-refractivity contribution >= 4 is 60.8 Å². The van der Waals surface area contributed by atoms with Crippen molar-refractivity contribution in [1.29, 1.82) is 0 Å². The van der Waals surface area contributed by atoms with E-state index in [-0.39, 0.29) is 46.6 Å². The Morgan fingerprint density at radius 1 is 0.917 bits per heavy atom. The summed E-state index contributed by atoms with van der Waals surface area (Å²) in [6.45, 7) is 0. The zero-order chi connectivity index (χ0) is 9.00. The molecule has 0 amide bonds. The molecule has 0 fully saturated rings. The van der Waals surface area contributed by atoms with E-state index in [1.54, 1.807) is 0 Å². The number of rotatable bonds is 0. The van der Waals surface area contributed by atoms with Crippen LogP contribution in [0.15, 0.2) is 0 Å². The van der Waals surface area contributed by atoms with Crippen LogP contribution in [0.1, 0.15) is 0 Å². The molecule has 77 valence electrons. The maximum absolute atomic E-state index is 9.05. The molecule has 7 nitrogen and oxygen atoms in total. The van der Waals surface area contributed by atoms with Gasteiger partial charge in [-0.15, -0.1) is 0 Å². The predicted octanol–water partition coefficient (Wildman–Crippen LogP) is -1.58. The van der Waals surface area contributed by atoms with Gasteiger partial charge >= 0.3 is 49.1 Å². The summed E-state index contributed by atoms with van der Waals surface area (Å²) in [6, 6.07) is 0. The van der Waals surface area contributed by atoms with Crippen molar-refractivity contribution < 1.29 is 47.6 Å². The summed E-state index contributed by atoms with van der Waals surface area (Å²) < 4.78 is 57.0. The molecule has 12 heavy (non-hydrogen) atoms. The van der Waals surface area contributed by atoms with Crippen LogP contribution in [0.3, 0.4) is 0 Å². The average molecular weight is 300 g/mol. The van der Waals surface area contributed by atoms with Crippen molar-refractivity contribution in [3.05, 3.63) is 0 Å². The fourth-order valence-corrected chi connectivity index (χ4v) is 0. The third-order valence-electron chi connectivity index (χ3n) is 0. The molecule has 0 aliphatic carbocycles. The number of hydrogen-bond donors (Lipinski definition) is 4. The molecule has 0 rings (SSSR count). The fourth-order valence-electron chi connectivity index (χ4n) is 0. The molecule has 0 atom stereocenters. The van der Waals surface area contributed by atoms with E-state index in [1.807, 2.05) is 0 Å². The fraction of sp³-hybridized carbons (Fsp3) is 0. The molecule has 0 unspecified atom stereocenters. The average Bonchev–Trinajstić information content (AvgIpc) is 1.12. The summed E-state index contributed by atoms with van der Waals surface area (Å²) in [4.78, 5) is 0. The van der Waals surface area contributed by atoms with E-state index in [0.717, 1.165) is 0 Å². The van der Waals surface area contributed by atoms with Gasteiger partial charge in [0.25, 0.3) is 0 Å². The monoisotopic (exact) mass is 299 g/mol. The number of hydrogen-bond acceptors (Lipinski definition) is 4. The Morgan fingerprint density at radius 3 is 0.917 bits per heavy atom. The Bertz CT molecular complexity index is 215. The Kier molecular flexibility index (Phi) is 18.0. The van der Waals surface area contributed by atoms with Crippen LogP contribution in [-0.2, 0) is 36.6 Å². The molecule has 0 spiro atoms. The SMILES string of the molecule is O=S(=O)(O)O.O=S(=O)(O)S.[Cu].[NaH]. The van der Waals surface area contributed by atoms with Crippen LogP contribution in [0.4, 0.5) is 0 Å². The molecule has 0 saturated heterocycles. The third-order valence-corrected chi connectivity index (χ3v) is 0. The van der Waals surface area contributed by atoms with Gasteiger partial charge in [-0.25, -0.2) is 0 Å².